The normalized spacial score (nSPS) is 18.7. The SMILES string of the molecule is CC1(C)c2cc(CN3CCC(S(C)(=O)=O)CC3)ccc2C(=O)c2c1[nH]c1cc(C#N)ccc21. The first-order valence-electron chi connectivity index (χ1n) is 11.2. The second-order valence-electron chi connectivity index (χ2n) is 9.89. The Balaban J connectivity index is 1.47. The van der Waals surface area contributed by atoms with E-state index in [0.717, 1.165) is 52.9 Å². The molecule has 0 amide bonds. The van der Waals surface area contributed by atoms with E-state index < -0.39 is 15.3 Å². The van der Waals surface area contributed by atoms with Gasteiger partial charge >= 0.3 is 0 Å². The summed E-state index contributed by atoms with van der Waals surface area (Å²) in [6, 6.07) is 13.7. The van der Waals surface area contributed by atoms with Gasteiger partial charge < -0.3 is 4.98 Å². The summed E-state index contributed by atoms with van der Waals surface area (Å²) in [6.07, 6.45) is 2.66. The molecule has 33 heavy (non-hydrogen) atoms. The summed E-state index contributed by atoms with van der Waals surface area (Å²) in [4.78, 5) is 19.2. The van der Waals surface area contributed by atoms with Crippen LogP contribution < -0.4 is 0 Å². The number of carbonyl (C=O) groups excluding carboxylic acids is 1. The van der Waals surface area contributed by atoms with Crippen molar-refractivity contribution < 1.29 is 13.2 Å². The molecule has 2 heterocycles. The molecule has 2 aliphatic rings. The number of hydrogen-bond donors (Lipinski definition) is 1. The van der Waals surface area contributed by atoms with Gasteiger partial charge in [-0.3, -0.25) is 9.69 Å². The van der Waals surface area contributed by atoms with Crippen LogP contribution in [0.2, 0.25) is 0 Å². The maximum Gasteiger partial charge on any atom is 0.195 e. The van der Waals surface area contributed by atoms with Crippen LogP contribution >= 0.6 is 0 Å². The van der Waals surface area contributed by atoms with Gasteiger partial charge in [-0.25, -0.2) is 8.42 Å². The lowest BCUT2D eigenvalue weighted by Gasteiger charge is -2.34. The molecule has 6 nitrogen and oxygen atoms in total. The molecule has 0 bridgehead atoms. The first-order valence-corrected chi connectivity index (χ1v) is 13.2. The highest BCUT2D eigenvalue weighted by Gasteiger charge is 2.39. The zero-order valence-corrected chi connectivity index (χ0v) is 19.9. The van der Waals surface area contributed by atoms with E-state index >= 15 is 0 Å². The van der Waals surface area contributed by atoms with E-state index in [1.807, 2.05) is 18.2 Å². The number of rotatable bonds is 3. The molecule has 2 aromatic carbocycles. The van der Waals surface area contributed by atoms with E-state index in [2.05, 4.69) is 35.9 Å². The van der Waals surface area contributed by atoms with Crippen LogP contribution in [0.1, 0.15) is 65.0 Å². The number of sulfone groups is 1. The van der Waals surface area contributed by atoms with Gasteiger partial charge in [0.2, 0.25) is 0 Å². The minimum atomic E-state index is -2.99. The molecule has 1 aromatic heterocycles. The van der Waals surface area contributed by atoms with Crippen LogP contribution in [0.4, 0.5) is 0 Å². The number of nitrogens with one attached hydrogen (secondary N) is 1. The van der Waals surface area contributed by atoms with Crippen molar-refractivity contribution in [1.82, 2.24) is 9.88 Å². The number of piperidine rings is 1. The van der Waals surface area contributed by atoms with Gasteiger partial charge in [0.1, 0.15) is 9.84 Å². The summed E-state index contributed by atoms with van der Waals surface area (Å²) in [7, 11) is -2.99. The third-order valence-electron chi connectivity index (χ3n) is 7.33. The Labute approximate surface area is 194 Å². The van der Waals surface area contributed by atoms with Crippen LogP contribution in [-0.4, -0.2) is 48.7 Å². The van der Waals surface area contributed by atoms with Crippen LogP contribution in [0.25, 0.3) is 10.9 Å². The van der Waals surface area contributed by atoms with Crippen molar-refractivity contribution in [2.75, 3.05) is 19.3 Å². The van der Waals surface area contributed by atoms with Gasteiger partial charge in [0.25, 0.3) is 0 Å². The number of aromatic amines is 1. The topological polar surface area (TPSA) is 94.0 Å². The molecular weight excluding hydrogens is 434 g/mol. The minimum absolute atomic E-state index is 0.01000. The molecule has 1 fully saturated rings. The fourth-order valence-corrected chi connectivity index (χ4v) is 6.47. The molecule has 1 aliphatic heterocycles. The predicted octanol–water partition coefficient (Wildman–Crippen LogP) is 3.92. The Hall–Kier alpha value is -2.95. The fourth-order valence-electron chi connectivity index (χ4n) is 5.40. The predicted molar refractivity (Wildman–Crippen MR) is 128 cm³/mol. The molecule has 170 valence electrons. The van der Waals surface area contributed by atoms with E-state index in [9.17, 15) is 18.5 Å². The number of ketones is 1. The number of nitrogens with zero attached hydrogens (tertiary/aromatic N) is 2. The van der Waals surface area contributed by atoms with Crippen molar-refractivity contribution in [1.29, 1.82) is 5.26 Å². The number of hydrogen-bond acceptors (Lipinski definition) is 5. The van der Waals surface area contributed by atoms with Crippen molar-refractivity contribution in [3.8, 4) is 6.07 Å². The molecule has 7 heteroatoms. The average Bonchev–Trinajstić information content (AvgIpc) is 3.17. The summed E-state index contributed by atoms with van der Waals surface area (Å²) in [5.41, 5.74) is 5.39. The van der Waals surface area contributed by atoms with Crippen molar-refractivity contribution in [3.63, 3.8) is 0 Å². The second kappa shape index (κ2) is 7.54. The highest BCUT2D eigenvalue weighted by molar-refractivity contribution is 7.91. The number of benzene rings is 2. The summed E-state index contributed by atoms with van der Waals surface area (Å²) in [5.74, 6) is 0.01000. The highest BCUT2D eigenvalue weighted by Crippen LogP contribution is 2.44. The molecule has 1 N–H and O–H groups in total. The Morgan fingerprint density at radius 1 is 1.15 bits per heavy atom. The van der Waals surface area contributed by atoms with Crippen LogP contribution in [0.15, 0.2) is 36.4 Å². The maximum absolute atomic E-state index is 13.5. The monoisotopic (exact) mass is 461 g/mol. The largest absolute Gasteiger partial charge is 0.357 e. The third-order valence-corrected chi connectivity index (χ3v) is 9.01. The Kier molecular flexibility index (Phi) is 5.00. The number of H-pyrrole nitrogens is 1. The molecule has 1 aliphatic carbocycles. The number of nitriles is 1. The van der Waals surface area contributed by atoms with Crippen LogP contribution in [0.3, 0.4) is 0 Å². The first-order chi connectivity index (χ1) is 15.6. The number of aromatic nitrogens is 1. The first kappa shape index (κ1) is 21.9. The van der Waals surface area contributed by atoms with Crippen LogP contribution in [-0.2, 0) is 21.8 Å². The smallest absolute Gasteiger partial charge is 0.195 e. The number of likely N-dealkylation sites (tertiary alicyclic amines) is 1. The molecular formula is C26H27N3O3S. The second-order valence-corrected chi connectivity index (χ2v) is 12.2. The average molecular weight is 462 g/mol. The Morgan fingerprint density at radius 3 is 2.55 bits per heavy atom. The molecule has 0 spiro atoms. The van der Waals surface area contributed by atoms with Gasteiger partial charge in [0.15, 0.2) is 5.78 Å². The molecule has 0 unspecified atom stereocenters. The third kappa shape index (κ3) is 3.58. The molecule has 5 rings (SSSR count). The van der Waals surface area contributed by atoms with Gasteiger partial charge in [0, 0.05) is 40.4 Å². The van der Waals surface area contributed by atoms with Crippen molar-refractivity contribution in [3.05, 3.63) is 69.9 Å². The minimum Gasteiger partial charge on any atom is -0.357 e. The summed E-state index contributed by atoms with van der Waals surface area (Å²) >= 11 is 0. The zero-order valence-electron chi connectivity index (χ0n) is 19.1. The summed E-state index contributed by atoms with van der Waals surface area (Å²) in [5, 5.41) is 9.86. The summed E-state index contributed by atoms with van der Waals surface area (Å²) < 4.78 is 23.7. The number of fused-ring (bicyclic) bond motifs is 4. The van der Waals surface area contributed by atoms with E-state index in [-0.39, 0.29) is 11.0 Å². The lowest BCUT2D eigenvalue weighted by molar-refractivity contribution is 0.103. The zero-order chi connectivity index (χ0) is 23.5. The van der Waals surface area contributed by atoms with E-state index in [4.69, 9.17) is 0 Å². The standard InChI is InChI=1S/C26H27N3O3S/c1-26(2)21-12-17(15-29-10-8-18(9-11-29)33(3,31)32)5-6-19(21)24(30)23-20-7-4-16(14-27)13-22(20)28-25(23)26/h4-7,12-13,18,28H,8-11,15H2,1-3H3. The van der Waals surface area contributed by atoms with Crippen molar-refractivity contribution in [2.45, 2.75) is 43.9 Å². The van der Waals surface area contributed by atoms with Crippen molar-refractivity contribution in [2.24, 2.45) is 0 Å². The lowest BCUT2D eigenvalue weighted by Crippen LogP contribution is -2.38. The Morgan fingerprint density at radius 2 is 1.88 bits per heavy atom. The van der Waals surface area contributed by atoms with Gasteiger partial charge in [-0.1, -0.05) is 38.1 Å². The fraction of sp³-hybridized carbons (Fsp3) is 0.385. The van der Waals surface area contributed by atoms with Crippen molar-refractivity contribution >= 4 is 26.5 Å². The molecule has 0 saturated carbocycles. The molecule has 0 atom stereocenters. The van der Waals surface area contributed by atoms with Crippen LogP contribution in [0.5, 0.6) is 0 Å². The quantitative estimate of drug-likeness (QED) is 0.638. The van der Waals surface area contributed by atoms with Gasteiger partial charge in [-0.15, -0.1) is 0 Å². The molecule has 0 radical (unpaired) electrons. The van der Waals surface area contributed by atoms with Crippen LogP contribution in [0, 0.1) is 11.3 Å². The van der Waals surface area contributed by atoms with E-state index in [0.29, 0.717) is 24.0 Å². The van der Waals surface area contributed by atoms with Gasteiger partial charge in [-0.2, -0.15) is 5.26 Å². The van der Waals surface area contributed by atoms with E-state index in [1.165, 1.54) is 6.26 Å². The number of carbonyl (C=O) groups is 1. The van der Waals surface area contributed by atoms with Gasteiger partial charge in [0.05, 0.1) is 22.4 Å². The molecule has 3 aromatic rings. The maximum atomic E-state index is 13.5. The summed E-state index contributed by atoms with van der Waals surface area (Å²) in [6.45, 7) is 6.49. The Bertz CT molecular complexity index is 1440. The highest BCUT2D eigenvalue weighted by atomic mass is 32.2. The lowest BCUT2D eigenvalue weighted by atomic mass is 9.71. The van der Waals surface area contributed by atoms with Gasteiger partial charge in [-0.05, 0) is 49.2 Å². The molecule has 1 saturated heterocycles. The van der Waals surface area contributed by atoms with E-state index in [1.54, 1.807) is 12.1 Å².